The topological polar surface area (TPSA) is 120 Å². The van der Waals surface area contributed by atoms with Gasteiger partial charge in [0.15, 0.2) is 5.78 Å². The van der Waals surface area contributed by atoms with Crippen molar-refractivity contribution in [3.63, 3.8) is 0 Å². The number of amides is 2. The van der Waals surface area contributed by atoms with E-state index in [2.05, 4.69) is 10.8 Å². The second-order valence-electron chi connectivity index (χ2n) is 10.7. The standard InChI is InChI=1S/C31H42N2O7/c1-31(2,3)40-33-29(36)20-24(19-25(34)16-14-22-10-7-6-8-11-22)30(37)32-27(21-38-4)28(35)17-15-23-12-9-13-26(18-23)39-5/h6-13,18,24,27H,14-17,19-21H2,1-5H3,(H,32,37)(H,33,36)/t24-,27-/m0/s1. The van der Waals surface area contributed by atoms with Crippen molar-refractivity contribution in [1.82, 2.24) is 10.8 Å². The van der Waals surface area contributed by atoms with Crippen LogP contribution in [0.5, 0.6) is 5.75 Å². The van der Waals surface area contributed by atoms with Gasteiger partial charge in [-0.2, -0.15) is 0 Å². The Morgan fingerprint density at radius 2 is 1.52 bits per heavy atom. The van der Waals surface area contributed by atoms with Crippen LogP contribution in [-0.4, -0.2) is 55.9 Å². The van der Waals surface area contributed by atoms with Crippen molar-refractivity contribution in [3.05, 3.63) is 65.7 Å². The third-order valence-electron chi connectivity index (χ3n) is 6.12. The van der Waals surface area contributed by atoms with E-state index in [1.165, 1.54) is 7.11 Å². The Morgan fingerprint density at radius 3 is 2.17 bits per heavy atom. The number of methoxy groups -OCH3 is 2. The molecule has 2 N–H and O–H groups in total. The van der Waals surface area contributed by atoms with E-state index in [1.54, 1.807) is 27.9 Å². The summed E-state index contributed by atoms with van der Waals surface area (Å²) < 4.78 is 10.4. The van der Waals surface area contributed by atoms with Gasteiger partial charge in [-0.15, -0.1) is 0 Å². The summed E-state index contributed by atoms with van der Waals surface area (Å²) in [6, 6.07) is 16.1. The van der Waals surface area contributed by atoms with E-state index < -0.39 is 29.4 Å². The minimum absolute atomic E-state index is 0.0311. The molecule has 40 heavy (non-hydrogen) atoms. The molecule has 2 rings (SSSR count). The number of hydroxylamine groups is 1. The fourth-order valence-corrected chi connectivity index (χ4v) is 3.98. The number of carbonyl (C=O) groups excluding carboxylic acids is 4. The maximum absolute atomic E-state index is 13.3. The molecule has 9 nitrogen and oxygen atoms in total. The van der Waals surface area contributed by atoms with Gasteiger partial charge in [0.25, 0.3) is 0 Å². The van der Waals surface area contributed by atoms with E-state index in [4.69, 9.17) is 14.3 Å². The summed E-state index contributed by atoms with van der Waals surface area (Å²) in [4.78, 5) is 57.1. The number of ether oxygens (including phenoxy) is 2. The van der Waals surface area contributed by atoms with Gasteiger partial charge in [-0.05, 0) is 56.9 Å². The largest absolute Gasteiger partial charge is 0.497 e. The van der Waals surface area contributed by atoms with Gasteiger partial charge in [-0.25, -0.2) is 5.48 Å². The number of nitrogens with one attached hydrogen (secondary N) is 2. The molecule has 0 aliphatic heterocycles. The van der Waals surface area contributed by atoms with Gasteiger partial charge in [-0.1, -0.05) is 42.5 Å². The monoisotopic (exact) mass is 554 g/mol. The first-order valence-electron chi connectivity index (χ1n) is 13.5. The second-order valence-corrected chi connectivity index (χ2v) is 10.7. The summed E-state index contributed by atoms with van der Waals surface area (Å²) in [7, 11) is 3.02. The molecule has 0 heterocycles. The molecule has 0 aromatic heterocycles. The molecule has 2 aromatic rings. The number of aryl methyl sites for hydroxylation is 2. The first-order chi connectivity index (χ1) is 19.0. The zero-order valence-corrected chi connectivity index (χ0v) is 24.2. The highest BCUT2D eigenvalue weighted by molar-refractivity contribution is 5.94. The van der Waals surface area contributed by atoms with Crippen molar-refractivity contribution >= 4 is 23.4 Å². The Bertz CT molecular complexity index is 1110. The molecular formula is C31H42N2O7. The molecule has 0 aliphatic rings. The van der Waals surface area contributed by atoms with E-state index in [-0.39, 0.29) is 43.9 Å². The van der Waals surface area contributed by atoms with Crippen molar-refractivity contribution < 1.29 is 33.5 Å². The zero-order chi connectivity index (χ0) is 29.5. The maximum Gasteiger partial charge on any atom is 0.244 e. The molecule has 0 radical (unpaired) electrons. The van der Waals surface area contributed by atoms with Crippen molar-refractivity contribution in [2.75, 3.05) is 20.8 Å². The Morgan fingerprint density at radius 1 is 0.850 bits per heavy atom. The first-order valence-corrected chi connectivity index (χ1v) is 13.5. The Kier molecular flexibility index (Phi) is 13.5. The van der Waals surface area contributed by atoms with Crippen LogP contribution in [0.2, 0.25) is 0 Å². The van der Waals surface area contributed by atoms with Crippen LogP contribution in [0, 0.1) is 5.92 Å². The van der Waals surface area contributed by atoms with Crippen LogP contribution in [0.4, 0.5) is 0 Å². The molecule has 0 fully saturated rings. The molecule has 0 saturated heterocycles. The highest BCUT2D eigenvalue weighted by Gasteiger charge is 2.29. The predicted molar refractivity (Wildman–Crippen MR) is 152 cm³/mol. The van der Waals surface area contributed by atoms with Crippen LogP contribution < -0.4 is 15.5 Å². The molecule has 0 unspecified atom stereocenters. The summed E-state index contributed by atoms with van der Waals surface area (Å²) in [5.74, 6) is -1.74. The van der Waals surface area contributed by atoms with Crippen molar-refractivity contribution in [3.8, 4) is 5.75 Å². The average Bonchev–Trinajstić information content (AvgIpc) is 2.93. The van der Waals surface area contributed by atoms with Crippen LogP contribution in [0.25, 0.3) is 0 Å². The van der Waals surface area contributed by atoms with Gasteiger partial charge in [-0.3, -0.25) is 24.0 Å². The van der Waals surface area contributed by atoms with Crippen LogP contribution in [0.15, 0.2) is 54.6 Å². The fraction of sp³-hybridized carbons (Fsp3) is 0.484. The Hall–Kier alpha value is -3.56. The van der Waals surface area contributed by atoms with Gasteiger partial charge in [0.1, 0.15) is 17.6 Å². The van der Waals surface area contributed by atoms with Gasteiger partial charge >= 0.3 is 0 Å². The smallest absolute Gasteiger partial charge is 0.244 e. The third kappa shape index (κ3) is 12.5. The highest BCUT2D eigenvalue weighted by atomic mass is 16.7. The lowest BCUT2D eigenvalue weighted by atomic mass is 9.94. The van der Waals surface area contributed by atoms with E-state index in [0.717, 1.165) is 11.1 Å². The summed E-state index contributed by atoms with van der Waals surface area (Å²) in [6.07, 6.45) is 0.982. The number of benzene rings is 2. The highest BCUT2D eigenvalue weighted by Crippen LogP contribution is 2.17. The van der Waals surface area contributed by atoms with Crippen LogP contribution >= 0.6 is 0 Å². The van der Waals surface area contributed by atoms with E-state index in [1.807, 2.05) is 54.6 Å². The van der Waals surface area contributed by atoms with Crippen LogP contribution in [0.3, 0.4) is 0 Å². The van der Waals surface area contributed by atoms with Gasteiger partial charge in [0, 0.05) is 32.8 Å². The molecule has 0 aliphatic carbocycles. The van der Waals surface area contributed by atoms with Crippen LogP contribution in [-0.2, 0) is 41.6 Å². The van der Waals surface area contributed by atoms with Crippen molar-refractivity contribution in [2.45, 2.75) is 70.9 Å². The van der Waals surface area contributed by atoms with Gasteiger partial charge < -0.3 is 14.8 Å². The molecule has 2 amide bonds. The molecule has 2 atom stereocenters. The summed E-state index contributed by atoms with van der Waals surface area (Å²) in [5, 5.41) is 2.72. The Balaban J connectivity index is 2.07. The lowest BCUT2D eigenvalue weighted by Crippen LogP contribution is -2.47. The number of carbonyl (C=O) groups is 4. The SMILES string of the molecule is COC[C@H](NC(=O)[C@@H](CC(=O)CCc1ccccc1)CC(=O)NOC(C)(C)C)C(=O)CCc1cccc(OC)c1. The molecule has 218 valence electrons. The molecular weight excluding hydrogens is 512 g/mol. The van der Waals surface area contributed by atoms with Crippen molar-refractivity contribution in [1.29, 1.82) is 0 Å². The minimum Gasteiger partial charge on any atom is -0.497 e. The van der Waals surface area contributed by atoms with Gasteiger partial charge in [0.05, 0.1) is 25.2 Å². The summed E-state index contributed by atoms with van der Waals surface area (Å²) in [6.45, 7) is 5.29. The summed E-state index contributed by atoms with van der Waals surface area (Å²) in [5.41, 5.74) is 3.66. The second kappa shape index (κ2) is 16.5. The Labute approximate surface area is 236 Å². The summed E-state index contributed by atoms with van der Waals surface area (Å²) >= 11 is 0. The number of Topliss-reactive ketones (excluding diaryl/α,β-unsaturated/α-hetero) is 2. The molecule has 0 spiro atoms. The predicted octanol–water partition coefficient (Wildman–Crippen LogP) is 3.77. The van der Waals surface area contributed by atoms with E-state index in [0.29, 0.717) is 18.6 Å². The van der Waals surface area contributed by atoms with E-state index in [9.17, 15) is 19.2 Å². The van der Waals surface area contributed by atoms with Crippen molar-refractivity contribution in [2.24, 2.45) is 5.92 Å². The first kappa shape index (κ1) is 32.7. The fourth-order valence-electron chi connectivity index (χ4n) is 3.98. The maximum atomic E-state index is 13.3. The van der Waals surface area contributed by atoms with Gasteiger partial charge in [0.2, 0.25) is 11.8 Å². The number of hydrogen-bond acceptors (Lipinski definition) is 7. The number of hydrogen-bond donors (Lipinski definition) is 2. The average molecular weight is 555 g/mol. The number of rotatable bonds is 17. The lowest BCUT2D eigenvalue weighted by molar-refractivity contribution is -0.148. The molecule has 0 saturated carbocycles. The quantitative estimate of drug-likeness (QED) is 0.286. The van der Waals surface area contributed by atoms with E-state index >= 15 is 0 Å². The third-order valence-corrected chi connectivity index (χ3v) is 6.12. The zero-order valence-electron chi connectivity index (χ0n) is 24.2. The van der Waals surface area contributed by atoms with Crippen LogP contribution in [0.1, 0.15) is 57.6 Å². The molecule has 2 aromatic carbocycles. The minimum atomic E-state index is -0.975. The number of ketones is 2. The normalized spacial score (nSPS) is 12.7. The molecule has 9 heteroatoms. The lowest BCUT2D eigenvalue weighted by Gasteiger charge is -2.23. The molecule has 0 bridgehead atoms.